The van der Waals surface area contributed by atoms with Crippen LogP contribution >= 0.6 is 11.6 Å². The van der Waals surface area contributed by atoms with E-state index >= 15 is 0 Å². The van der Waals surface area contributed by atoms with Gasteiger partial charge in [-0.3, -0.25) is 9.78 Å². The zero-order chi connectivity index (χ0) is 24.4. The van der Waals surface area contributed by atoms with E-state index in [0.29, 0.717) is 38.7 Å². The monoisotopic (exact) mass is 481 g/mol. The van der Waals surface area contributed by atoms with Gasteiger partial charge in [0.15, 0.2) is 5.58 Å². The van der Waals surface area contributed by atoms with Gasteiger partial charge in [-0.05, 0) is 49.7 Å². The SMILES string of the molecule is COc1cc(Cl)c(C)cc1NC(=O)c1cc2c(CO)cnc(C)c2oc1=Nc1cccc(F)c1. The molecule has 4 aromatic rings. The minimum Gasteiger partial charge on any atom is -0.495 e. The van der Waals surface area contributed by atoms with E-state index in [9.17, 15) is 14.3 Å². The molecular formula is C25H21ClFN3O4. The van der Waals surface area contributed by atoms with Crippen molar-refractivity contribution in [3.8, 4) is 5.75 Å². The van der Waals surface area contributed by atoms with Crippen molar-refractivity contribution >= 4 is 39.9 Å². The molecule has 2 aromatic carbocycles. The van der Waals surface area contributed by atoms with Crippen LogP contribution in [0.25, 0.3) is 11.0 Å². The van der Waals surface area contributed by atoms with E-state index in [1.165, 1.54) is 31.5 Å². The number of carbonyl (C=O) groups is 1. The summed E-state index contributed by atoms with van der Waals surface area (Å²) in [5.74, 6) is -0.643. The van der Waals surface area contributed by atoms with Crippen LogP contribution in [0.3, 0.4) is 0 Å². The Balaban J connectivity index is 1.93. The lowest BCUT2D eigenvalue weighted by molar-refractivity contribution is 0.102. The van der Waals surface area contributed by atoms with Gasteiger partial charge < -0.3 is 19.6 Å². The van der Waals surface area contributed by atoms with Crippen molar-refractivity contribution in [2.24, 2.45) is 4.99 Å². The highest BCUT2D eigenvalue weighted by molar-refractivity contribution is 6.31. The van der Waals surface area contributed by atoms with Gasteiger partial charge in [-0.1, -0.05) is 17.7 Å². The number of rotatable bonds is 5. The third kappa shape index (κ3) is 4.64. The number of halogens is 2. The maximum absolute atomic E-state index is 13.8. The molecule has 0 saturated heterocycles. The number of fused-ring (bicyclic) bond motifs is 1. The van der Waals surface area contributed by atoms with Gasteiger partial charge in [-0.15, -0.1) is 0 Å². The molecule has 0 radical (unpaired) electrons. The molecular weight excluding hydrogens is 461 g/mol. The van der Waals surface area contributed by atoms with Crippen molar-refractivity contribution in [2.75, 3.05) is 12.4 Å². The highest BCUT2D eigenvalue weighted by Crippen LogP contribution is 2.31. The summed E-state index contributed by atoms with van der Waals surface area (Å²) in [6.45, 7) is 3.24. The van der Waals surface area contributed by atoms with E-state index in [4.69, 9.17) is 20.8 Å². The van der Waals surface area contributed by atoms with Crippen molar-refractivity contribution in [2.45, 2.75) is 20.5 Å². The van der Waals surface area contributed by atoms with Gasteiger partial charge >= 0.3 is 0 Å². The number of hydrogen-bond donors (Lipinski definition) is 2. The number of carbonyl (C=O) groups excluding carboxylic acids is 1. The lowest BCUT2D eigenvalue weighted by Gasteiger charge is -2.13. The molecule has 0 atom stereocenters. The second-order valence-corrected chi connectivity index (χ2v) is 7.99. The number of methoxy groups -OCH3 is 1. The number of aliphatic hydroxyl groups excluding tert-OH is 1. The summed E-state index contributed by atoms with van der Waals surface area (Å²) < 4.78 is 25.1. The van der Waals surface area contributed by atoms with Crippen molar-refractivity contribution in [1.82, 2.24) is 4.98 Å². The van der Waals surface area contributed by atoms with Gasteiger partial charge in [0.25, 0.3) is 5.91 Å². The molecule has 0 aliphatic carbocycles. The summed E-state index contributed by atoms with van der Waals surface area (Å²) in [6.07, 6.45) is 1.52. The Bertz CT molecular complexity index is 1480. The fraction of sp³-hybridized carbons (Fsp3) is 0.160. The summed E-state index contributed by atoms with van der Waals surface area (Å²) in [6, 6.07) is 10.5. The molecule has 7 nitrogen and oxygen atoms in total. The lowest BCUT2D eigenvalue weighted by atomic mass is 10.1. The number of anilines is 1. The summed E-state index contributed by atoms with van der Waals surface area (Å²) in [5, 5.41) is 13.6. The molecule has 2 heterocycles. The third-order valence-corrected chi connectivity index (χ3v) is 5.64. The zero-order valence-electron chi connectivity index (χ0n) is 18.6. The van der Waals surface area contributed by atoms with E-state index in [1.807, 2.05) is 0 Å². The molecule has 0 unspecified atom stereocenters. The molecule has 2 aromatic heterocycles. The van der Waals surface area contributed by atoms with E-state index < -0.39 is 11.7 Å². The molecule has 1 amide bonds. The van der Waals surface area contributed by atoms with Crippen LogP contribution in [0.15, 0.2) is 58.1 Å². The first-order chi connectivity index (χ1) is 16.3. The largest absolute Gasteiger partial charge is 0.495 e. The molecule has 4 rings (SSSR count). The molecule has 9 heteroatoms. The van der Waals surface area contributed by atoms with Crippen LogP contribution in [0.4, 0.5) is 15.8 Å². The van der Waals surface area contributed by atoms with Crippen LogP contribution in [0.2, 0.25) is 5.02 Å². The molecule has 2 N–H and O–H groups in total. The van der Waals surface area contributed by atoms with Crippen LogP contribution in [0.5, 0.6) is 5.75 Å². The van der Waals surface area contributed by atoms with Gasteiger partial charge in [0, 0.05) is 28.2 Å². The Labute approximate surface area is 199 Å². The van der Waals surface area contributed by atoms with E-state index in [0.717, 1.165) is 5.56 Å². The predicted octanol–water partition coefficient (Wildman–Crippen LogP) is 5.22. The van der Waals surface area contributed by atoms with Crippen LogP contribution in [0, 0.1) is 19.7 Å². The third-order valence-electron chi connectivity index (χ3n) is 5.23. The van der Waals surface area contributed by atoms with E-state index in [1.54, 1.807) is 38.1 Å². The van der Waals surface area contributed by atoms with Crippen LogP contribution < -0.4 is 15.6 Å². The van der Waals surface area contributed by atoms with Crippen molar-refractivity contribution < 1.29 is 23.4 Å². The first kappa shape index (κ1) is 23.4. The smallest absolute Gasteiger partial charge is 0.261 e. The average molecular weight is 482 g/mol. The molecule has 0 spiro atoms. The topological polar surface area (TPSA) is 97.0 Å². The minimum absolute atomic E-state index is 0.0414. The number of ether oxygens (including phenoxy) is 1. The average Bonchev–Trinajstić information content (AvgIpc) is 2.81. The quantitative estimate of drug-likeness (QED) is 0.407. The fourth-order valence-electron chi connectivity index (χ4n) is 3.44. The number of pyridine rings is 1. The Morgan fingerprint density at radius 2 is 2.06 bits per heavy atom. The molecule has 0 aliphatic heterocycles. The number of amides is 1. The van der Waals surface area contributed by atoms with E-state index in [2.05, 4.69) is 15.3 Å². The van der Waals surface area contributed by atoms with Crippen LogP contribution in [-0.2, 0) is 6.61 Å². The van der Waals surface area contributed by atoms with Crippen molar-refractivity contribution in [1.29, 1.82) is 0 Å². The molecule has 174 valence electrons. The van der Waals surface area contributed by atoms with Gasteiger partial charge in [0.05, 0.1) is 30.8 Å². The molecule has 0 saturated carbocycles. The summed E-state index contributed by atoms with van der Waals surface area (Å²) in [4.78, 5) is 22.0. The predicted molar refractivity (Wildman–Crippen MR) is 127 cm³/mol. The van der Waals surface area contributed by atoms with Crippen molar-refractivity contribution in [3.05, 3.63) is 87.4 Å². The zero-order valence-corrected chi connectivity index (χ0v) is 19.4. The molecule has 0 bridgehead atoms. The second kappa shape index (κ2) is 9.62. The maximum atomic E-state index is 13.8. The lowest BCUT2D eigenvalue weighted by Crippen LogP contribution is -2.22. The van der Waals surface area contributed by atoms with E-state index in [-0.39, 0.29) is 23.4 Å². The maximum Gasteiger partial charge on any atom is 0.261 e. The first-order valence-corrected chi connectivity index (χ1v) is 10.7. The van der Waals surface area contributed by atoms with Gasteiger partial charge in [0.1, 0.15) is 17.1 Å². The van der Waals surface area contributed by atoms with Gasteiger partial charge in [-0.25, -0.2) is 9.38 Å². The summed E-state index contributed by atoms with van der Waals surface area (Å²) in [5.41, 5.74) is 2.83. The van der Waals surface area contributed by atoms with Gasteiger partial charge in [0.2, 0.25) is 5.55 Å². The van der Waals surface area contributed by atoms with Gasteiger partial charge in [-0.2, -0.15) is 0 Å². The molecule has 0 fully saturated rings. The van der Waals surface area contributed by atoms with Crippen LogP contribution in [-0.4, -0.2) is 23.1 Å². The first-order valence-electron chi connectivity index (χ1n) is 10.3. The Hall–Kier alpha value is -3.75. The number of nitrogens with one attached hydrogen (secondary N) is 1. The Kier molecular flexibility index (Phi) is 6.63. The fourth-order valence-corrected chi connectivity index (χ4v) is 3.60. The number of hydrogen-bond acceptors (Lipinski definition) is 6. The molecule has 0 aliphatic rings. The highest BCUT2D eigenvalue weighted by atomic mass is 35.5. The minimum atomic E-state index is -0.542. The normalized spacial score (nSPS) is 11.6. The standard InChI is InChI=1S/C25H21ClFN3O4/c1-13-7-21(22(33-3)10-20(13)26)30-24(32)19-9-18-15(12-31)11-28-14(2)23(18)34-25(19)29-17-6-4-5-16(27)8-17/h4-11,31H,12H2,1-3H3,(H,30,32). The summed E-state index contributed by atoms with van der Waals surface area (Å²) >= 11 is 6.18. The Morgan fingerprint density at radius 1 is 1.26 bits per heavy atom. The Morgan fingerprint density at radius 3 is 2.76 bits per heavy atom. The second-order valence-electron chi connectivity index (χ2n) is 7.58. The number of aryl methyl sites for hydroxylation is 2. The molecule has 34 heavy (non-hydrogen) atoms. The number of aromatic nitrogens is 1. The van der Waals surface area contributed by atoms with Crippen LogP contribution in [0.1, 0.15) is 27.2 Å². The van der Waals surface area contributed by atoms with Crippen molar-refractivity contribution in [3.63, 3.8) is 0 Å². The summed E-state index contributed by atoms with van der Waals surface area (Å²) in [7, 11) is 1.47. The number of aliphatic hydroxyl groups is 1. The number of benzene rings is 2. The highest BCUT2D eigenvalue weighted by Gasteiger charge is 2.18. The number of nitrogens with zero attached hydrogens (tertiary/aromatic N) is 2.